The number of rotatable bonds is 9. The van der Waals surface area contributed by atoms with Gasteiger partial charge in [-0.3, -0.25) is 0 Å². The molecule has 0 fully saturated rings. The summed E-state index contributed by atoms with van der Waals surface area (Å²) >= 11 is 0. The Morgan fingerprint density at radius 1 is 1.10 bits per heavy atom. The van der Waals surface area contributed by atoms with Gasteiger partial charge in [0.05, 0.1) is 26.4 Å². The van der Waals surface area contributed by atoms with Crippen LogP contribution in [0.3, 0.4) is 0 Å². The van der Waals surface area contributed by atoms with Crippen LogP contribution in [-0.2, 0) is 14.2 Å². The lowest BCUT2D eigenvalue weighted by Crippen LogP contribution is -2.31. The summed E-state index contributed by atoms with van der Waals surface area (Å²) in [6.45, 7) is 2.99. The molecule has 6 heteroatoms. The highest BCUT2D eigenvalue weighted by Crippen LogP contribution is 2.15. The minimum Gasteiger partial charge on any atom is -0.446 e. The summed E-state index contributed by atoms with van der Waals surface area (Å²) in [5.41, 5.74) is 5.29. The number of amides is 1. The van der Waals surface area contributed by atoms with Crippen molar-refractivity contribution in [2.75, 3.05) is 39.5 Å². The van der Waals surface area contributed by atoms with E-state index in [0.29, 0.717) is 39.5 Å². The topological polar surface area (TPSA) is 82.8 Å². The van der Waals surface area contributed by atoms with Gasteiger partial charge in [0, 0.05) is 13.1 Å². The highest BCUT2D eigenvalue weighted by molar-refractivity contribution is 5.67. The fourth-order valence-corrected chi connectivity index (χ4v) is 2.07. The molecule has 0 aromatic rings. The number of ether oxygens (including phenoxy) is 3. The number of nitrogens with one attached hydrogen (secondary N) is 1. The third-order valence-electron chi connectivity index (χ3n) is 3.14. The highest BCUT2D eigenvalue weighted by atomic mass is 16.6. The standard InChI is InChI=1S/C15H28N2O4/c16-8-10-19-12-13-20-11-9-17-15(18)21-14-6-4-2-1-3-5-7-14/h1-2,14H,3-13,16H2,(H,17,18)/b2-1+/t14-/m0/s1. The van der Waals surface area contributed by atoms with Gasteiger partial charge in [-0.15, -0.1) is 0 Å². The van der Waals surface area contributed by atoms with Crippen molar-refractivity contribution < 1.29 is 19.0 Å². The molecule has 6 nitrogen and oxygen atoms in total. The van der Waals surface area contributed by atoms with Gasteiger partial charge in [-0.2, -0.15) is 0 Å². The summed E-state index contributed by atoms with van der Waals surface area (Å²) in [7, 11) is 0. The molecule has 0 saturated heterocycles. The lowest BCUT2D eigenvalue weighted by Gasteiger charge is -2.18. The molecule has 0 heterocycles. The number of hydrogen-bond acceptors (Lipinski definition) is 5. The molecular weight excluding hydrogens is 272 g/mol. The second-order valence-corrected chi connectivity index (χ2v) is 4.95. The van der Waals surface area contributed by atoms with Gasteiger partial charge < -0.3 is 25.3 Å². The maximum Gasteiger partial charge on any atom is 0.407 e. The molecule has 1 rings (SSSR count). The largest absolute Gasteiger partial charge is 0.446 e. The van der Waals surface area contributed by atoms with Crippen LogP contribution >= 0.6 is 0 Å². The Morgan fingerprint density at radius 3 is 2.67 bits per heavy atom. The molecule has 0 radical (unpaired) electrons. The summed E-state index contributed by atoms with van der Waals surface area (Å²) < 4.78 is 15.9. The molecule has 122 valence electrons. The predicted molar refractivity (Wildman–Crippen MR) is 81.2 cm³/mol. The van der Waals surface area contributed by atoms with Crippen LogP contribution in [0.5, 0.6) is 0 Å². The van der Waals surface area contributed by atoms with E-state index >= 15 is 0 Å². The van der Waals surface area contributed by atoms with Crippen molar-refractivity contribution in [3.05, 3.63) is 12.2 Å². The van der Waals surface area contributed by atoms with E-state index in [4.69, 9.17) is 19.9 Å². The number of nitrogens with two attached hydrogens (primary N) is 1. The van der Waals surface area contributed by atoms with Gasteiger partial charge in [-0.05, 0) is 32.1 Å². The molecular formula is C15H28N2O4. The molecule has 0 saturated carbocycles. The van der Waals surface area contributed by atoms with Gasteiger partial charge in [-0.1, -0.05) is 12.2 Å². The molecule has 0 aromatic carbocycles. The van der Waals surface area contributed by atoms with E-state index in [0.717, 1.165) is 32.1 Å². The Morgan fingerprint density at radius 2 is 1.86 bits per heavy atom. The molecule has 0 bridgehead atoms. The van der Waals surface area contributed by atoms with E-state index in [2.05, 4.69) is 17.5 Å². The lowest BCUT2D eigenvalue weighted by molar-refractivity contribution is 0.0491. The van der Waals surface area contributed by atoms with Gasteiger partial charge >= 0.3 is 6.09 Å². The molecule has 1 amide bonds. The third kappa shape index (κ3) is 10.3. The zero-order valence-corrected chi connectivity index (χ0v) is 12.7. The summed E-state index contributed by atoms with van der Waals surface area (Å²) in [5, 5.41) is 2.70. The maximum absolute atomic E-state index is 11.6. The number of carbonyl (C=O) groups excluding carboxylic acids is 1. The van der Waals surface area contributed by atoms with Crippen LogP contribution in [0.2, 0.25) is 0 Å². The van der Waals surface area contributed by atoms with Crippen LogP contribution in [0.4, 0.5) is 4.79 Å². The zero-order chi connectivity index (χ0) is 15.2. The van der Waals surface area contributed by atoms with E-state index in [9.17, 15) is 4.79 Å². The van der Waals surface area contributed by atoms with Crippen molar-refractivity contribution in [2.24, 2.45) is 5.73 Å². The van der Waals surface area contributed by atoms with Crippen molar-refractivity contribution in [2.45, 2.75) is 38.2 Å². The number of carbonyl (C=O) groups is 1. The first kappa shape index (κ1) is 17.9. The first-order valence-electron chi connectivity index (χ1n) is 7.78. The molecule has 0 aliphatic heterocycles. The molecule has 0 aromatic heterocycles. The highest BCUT2D eigenvalue weighted by Gasteiger charge is 2.14. The summed E-state index contributed by atoms with van der Waals surface area (Å²) in [5.74, 6) is 0. The first-order valence-corrected chi connectivity index (χ1v) is 7.78. The molecule has 3 N–H and O–H groups in total. The fraction of sp³-hybridized carbons (Fsp3) is 0.800. The van der Waals surface area contributed by atoms with E-state index in [1.54, 1.807) is 0 Å². The van der Waals surface area contributed by atoms with E-state index < -0.39 is 0 Å². The normalized spacial score (nSPS) is 20.3. The zero-order valence-electron chi connectivity index (χ0n) is 12.7. The summed E-state index contributed by atoms with van der Waals surface area (Å²) in [6, 6.07) is 0. The first-order chi connectivity index (χ1) is 10.3. The van der Waals surface area contributed by atoms with Gasteiger partial charge in [0.15, 0.2) is 0 Å². The van der Waals surface area contributed by atoms with Crippen molar-refractivity contribution in [1.82, 2.24) is 5.32 Å². The molecule has 21 heavy (non-hydrogen) atoms. The predicted octanol–water partition coefficient (Wildman–Crippen LogP) is 1.59. The Kier molecular flexibility index (Phi) is 10.8. The molecule has 0 unspecified atom stereocenters. The Labute approximate surface area is 127 Å². The SMILES string of the molecule is NCCOCCOCCNC(=O)O[C@H]1CC/C=C/CCC1. The average Bonchev–Trinajstić information content (AvgIpc) is 2.44. The fourth-order valence-electron chi connectivity index (χ4n) is 2.07. The Bertz CT molecular complexity index is 297. The molecule has 0 spiro atoms. The minimum atomic E-state index is -0.354. The lowest BCUT2D eigenvalue weighted by atomic mass is 10.0. The van der Waals surface area contributed by atoms with E-state index in [-0.39, 0.29) is 12.2 Å². The van der Waals surface area contributed by atoms with Crippen LogP contribution in [0, 0.1) is 0 Å². The van der Waals surface area contributed by atoms with Crippen molar-refractivity contribution in [1.29, 1.82) is 0 Å². The van der Waals surface area contributed by atoms with E-state index in [1.807, 2.05) is 0 Å². The molecule has 1 atom stereocenters. The number of hydrogen-bond donors (Lipinski definition) is 2. The summed E-state index contributed by atoms with van der Waals surface area (Å²) in [4.78, 5) is 11.6. The quantitative estimate of drug-likeness (QED) is 0.499. The van der Waals surface area contributed by atoms with Crippen molar-refractivity contribution >= 4 is 6.09 Å². The van der Waals surface area contributed by atoms with Crippen LogP contribution in [0.1, 0.15) is 32.1 Å². The van der Waals surface area contributed by atoms with Gasteiger partial charge in [0.25, 0.3) is 0 Å². The van der Waals surface area contributed by atoms with Crippen LogP contribution in [-0.4, -0.2) is 51.7 Å². The number of allylic oxidation sites excluding steroid dienone is 2. The van der Waals surface area contributed by atoms with E-state index in [1.165, 1.54) is 0 Å². The summed E-state index contributed by atoms with van der Waals surface area (Å²) in [6.07, 6.45) is 8.99. The monoisotopic (exact) mass is 300 g/mol. The second-order valence-electron chi connectivity index (χ2n) is 4.95. The minimum absolute atomic E-state index is 0.0283. The van der Waals surface area contributed by atoms with Crippen LogP contribution < -0.4 is 11.1 Å². The van der Waals surface area contributed by atoms with Crippen LogP contribution in [0.25, 0.3) is 0 Å². The maximum atomic E-state index is 11.6. The Hall–Kier alpha value is -1.11. The van der Waals surface area contributed by atoms with Crippen LogP contribution in [0.15, 0.2) is 12.2 Å². The Balaban J connectivity index is 1.96. The van der Waals surface area contributed by atoms with Crippen molar-refractivity contribution in [3.63, 3.8) is 0 Å². The van der Waals surface area contributed by atoms with Gasteiger partial charge in [0.1, 0.15) is 6.10 Å². The van der Waals surface area contributed by atoms with Crippen molar-refractivity contribution in [3.8, 4) is 0 Å². The molecule has 1 aliphatic carbocycles. The average molecular weight is 300 g/mol. The smallest absolute Gasteiger partial charge is 0.407 e. The number of alkyl carbamates (subject to hydrolysis) is 1. The second kappa shape index (κ2) is 12.6. The molecule has 1 aliphatic rings. The third-order valence-corrected chi connectivity index (χ3v) is 3.14. The van der Waals surface area contributed by atoms with Gasteiger partial charge in [0.2, 0.25) is 0 Å². The van der Waals surface area contributed by atoms with Gasteiger partial charge in [-0.25, -0.2) is 4.79 Å².